The fraction of sp³-hybridized carbons (Fsp3) is 0.333. The van der Waals surface area contributed by atoms with Gasteiger partial charge in [0, 0.05) is 37.2 Å². The third-order valence-corrected chi connectivity index (χ3v) is 6.91. The predicted octanol–water partition coefficient (Wildman–Crippen LogP) is 2.89. The van der Waals surface area contributed by atoms with E-state index in [-0.39, 0.29) is 40.8 Å². The highest BCUT2D eigenvalue weighted by Crippen LogP contribution is 2.38. The van der Waals surface area contributed by atoms with Crippen molar-refractivity contribution in [3.8, 4) is 11.5 Å². The van der Waals surface area contributed by atoms with Crippen LogP contribution in [0.25, 0.3) is 0 Å². The summed E-state index contributed by atoms with van der Waals surface area (Å²) in [5.41, 5.74) is 7.26. The van der Waals surface area contributed by atoms with Gasteiger partial charge < -0.3 is 15.2 Å². The molecule has 6 nitrogen and oxygen atoms in total. The van der Waals surface area contributed by atoms with E-state index in [1.54, 1.807) is 0 Å². The van der Waals surface area contributed by atoms with Crippen LogP contribution in [-0.2, 0) is 10.0 Å². The van der Waals surface area contributed by atoms with Crippen LogP contribution in [0, 0.1) is 0 Å². The van der Waals surface area contributed by atoms with Crippen molar-refractivity contribution in [1.82, 2.24) is 4.31 Å². The minimum Gasteiger partial charge on any atom is -0.493 e. The highest BCUT2D eigenvalue weighted by Gasteiger charge is 2.39. The Morgan fingerprint density at radius 2 is 1.67 bits per heavy atom. The van der Waals surface area contributed by atoms with Crippen molar-refractivity contribution >= 4 is 34.0 Å². The van der Waals surface area contributed by atoms with Crippen LogP contribution in [0.15, 0.2) is 47.4 Å². The van der Waals surface area contributed by atoms with E-state index in [4.69, 9.17) is 26.8 Å². The topological polar surface area (TPSA) is 81.9 Å². The lowest BCUT2D eigenvalue weighted by molar-refractivity contribution is 0.353. The van der Waals surface area contributed by atoms with Gasteiger partial charge in [-0.25, -0.2) is 8.42 Å². The predicted molar refractivity (Wildman–Crippen MR) is 108 cm³/mol. The monoisotopic (exact) mass is 432 g/mol. The lowest BCUT2D eigenvalue weighted by Crippen LogP contribution is -2.32. The largest absolute Gasteiger partial charge is 0.493 e. The zero-order chi connectivity index (χ0) is 18.9. The van der Waals surface area contributed by atoms with Gasteiger partial charge in [0.25, 0.3) is 0 Å². The Kier molecular flexibility index (Phi) is 6.99. The van der Waals surface area contributed by atoms with Gasteiger partial charge in [-0.05, 0) is 5.56 Å². The summed E-state index contributed by atoms with van der Waals surface area (Å²) in [7, 11) is -0.907. The molecule has 0 saturated carbocycles. The molecule has 3 rings (SSSR count). The molecule has 0 aromatic heterocycles. The molecule has 0 radical (unpaired) electrons. The van der Waals surface area contributed by atoms with Crippen molar-refractivity contribution in [1.29, 1.82) is 0 Å². The number of benzene rings is 2. The number of rotatable bonds is 5. The minimum atomic E-state index is -3.81. The Balaban J connectivity index is 0.00000261. The molecule has 2 atom stereocenters. The molecular weight excluding hydrogens is 411 g/mol. The maximum Gasteiger partial charge on any atom is 0.244 e. The highest BCUT2D eigenvalue weighted by molar-refractivity contribution is 7.89. The number of hydrogen-bond acceptors (Lipinski definition) is 5. The molecule has 1 heterocycles. The van der Waals surface area contributed by atoms with Gasteiger partial charge in [-0.3, -0.25) is 0 Å². The summed E-state index contributed by atoms with van der Waals surface area (Å²) in [5.74, 6) is 0.611. The number of hydrogen-bond donors (Lipinski definition) is 1. The summed E-state index contributed by atoms with van der Waals surface area (Å²) in [6.45, 7) is 0.532. The number of sulfonamides is 1. The van der Waals surface area contributed by atoms with Crippen molar-refractivity contribution in [3.05, 3.63) is 53.1 Å². The number of nitrogens with two attached hydrogens (primary N) is 1. The fourth-order valence-electron chi connectivity index (χ4n) is 3.21. The number of halogens is 2. The highest BCUT2D eigenvalue weighted by atomic mass is 35.5. The summed E-state index contributed by atoms with van der Waals surface area (Å²) in [4.78, 5) is -0.0160. The average Bonchev–Trinajstić information content (AvgIpc) is 3.04. The molecule has 1 aliphatic rings. The Morgan fingerprint density at radius 1 is 1.07 bits per heavy atom. The van der Waals surface area contributed by atoms with Gasteiger partial charge >= 0.3 is 0 Å². The molecule has 27 heavy (non-hydrogen) atoms. The standard InChI is InChI=1S/C18H21ClN2O4S.ClH/c1-24-16-8-14(19)18(9-17(16)25-2)26(22,23)21-10-13(15(20)11-21)12-6-4-3-5-7-12;/h3-9,13,15H,10-11,20H2,1-2H3;1H/t13-,15+;/m0./s1. The molecule has 0 aliphatic carbocycles. The van der Waals surface area contributed by atoms with Gasteiger partial charge in [0.15, 0.2) is 11.5 Å². The van der Waals surface area contributed by atoms with Crippen LogP contribution in [0.3, 0.4) is 0 Å². The minimum absolute atomic E-state index is 0. The van der Waals surface area contributed by atoms with Gasteiger partial charge in [0.2, 0.25) is 10.0 Å². The first-order valence-electron chi connectivity index (χ1n) is 8.10. The molecule has 2 N–H and O–H groups in total. The molecule has 9 heteroatoms. The van der Waals surface area contributed by atoms with Gasteiger partial charge in [-0.15, -0.1) is 12.4 Å². The molecule has 1 fully saturated rings. The summed E-state index contributed by atoms with van der Waals surface area (Å²) >= 11 is 6.22. The van der Waals surface area contributed by atoms with E-state index in [1.807, 2.05) is 30.3 Å². The summed E-state index contributed by atoms with van der Waals surface area (Å²) in [6, 6.07) is 12.2. The smallest absolute Gasteiger partial charge is 0.244 e. The molecule has 2 aromatic rings. The second-order valence-corrected chi connectivity index (χ2v) is 8.45. The van der Waals surface area contributed by atoms with E-state index in [1.165, 1.54) is 30.7 Å². The van der Waals surface area contributed by atoms with Crippen molar-refractivity contribution in [3.63, 3.8) is 0 Å². The van der Waals surface area contributed by atoms with Crippen LogP contribution in [0.4, 0.5) is 0 Å². The van der Waals surface area contributed by atoms with Crippen LogP contribution in [-0.4, -0.2) is 46.1 Å². The van der Waals surface area contributed by atoms with E-state index in [0.29, 0.717) is 18.0 Å². The van der Waals surface area contributed by atoms with Crippen molar-refractivity contribution < 1.29 is 17.9 Å². The Hall–Kier alpha value is -1.51. The van der Waals surface area contributed by atoms with E-state index >= 15 is 0 Å². The zero-order valence-electron chi connectivity index (χ0n) is 15.0. The van der Waals surface area contributed by atoms with Gasteiger partial charge in [0.05, 0.1) is 19.2 Å². The second-order valence-electron chi connectivity index (χ2n) is 6.14. The normalized spacial score (nSPS) is 20.1. The number of nitrogens with zero attached hydrogens (tertiary/aromatic N) is 1. The van der Waals surface area contributed by atoms with Crippen molar-refractivity contribution in [2.75, 3.05) is 27.3 Å². The SMILES string of the molecule is COc1cc(Cl)c(S(=O)(=O)N2C[C@@H](N)[C@H](c3ccccc3)C2)cc1OC.Cl. The first-order valence-corrected chi connectivity index (χ1v) is 9.92. The van der Waals surface area contributed by atoms with Gasteiger partial charge in [-0.2, -0.15) is 4.31 Å². The molecule has 0 unspecified atom stereocenters. The quantitative estimate of drug-likeness (QED) is 0.784. The maximum absolute atomic E-state index is 13.1. The molecule has 0 amide bonds. The first-order chi connectivity index (χ1) is 12.4. The Bertz CT molecular complexity index is 894. The van der Waals surface area contributed by atoms with Crippen LogP contribution >= 0.6 is 24.0 Å². The molecule has 148 valence electrons. The van der Waals surface area contributed by atoms with E-state index in [0.717, 1.165) is 5.56 Å². The summed E-state index contributed by atoms with van der Waals surface area (Å²) in [6.07, 6.45) is 0. The van der Waals surface area contributed by atoms with Gasteiger partial charge in [-0.1, -0.05) is 41.9 Å². The van der Waals surface area contributed by atoms with Gasteiger partial charge in [0.1, 0.15) is 4.90 Å². The number of methoxy groups -OCH3 is 2. The Morgan fingerprint density at radius 3 is 2.26 bits per heavy atom. The molecule has 1 aliphatic heterocycles. The molecule has 0 bridgehead atoms. The third kappa shape index (κ3) is 4.17. The van der Waals surface area contributed by atoms with E-state index < -0.39 is 10.0 Å². The van der Waals surface area contributed by atoms with Crippen LogP contribution in [0.1, 0.15) is 11.5 Å². The molecule has 2 aromatic carbocycles. The molecule has 0 spiro atoms. The Labute approximate surface area is 170 Å². The lowest BCUT2D eigenvalue weighted by atomic mass is 9.95. The summed E-state index contributed by atoms with van der Waals surface area (Å²) < 4.78 is 38.0. The first kappa shape index (κ1) is 21.8. The average molecular weight is 433 g/mol. The van der Waals surface area contributed by atoms with Crippen LogP contribution in [0.2, 0.25) is 5.02 Å². The zero-order valence-corrected chi connectivity index (χ0v) is 17.4. The molecular formula is C18H22Cl2N2O4S. The summed E-state index contributed by atoms with van der Waals surface area (Å²) in [5, 5.41) is 0.0828. The van der Waals surface area contributed by atoms with Crippen molar-refractivity contribution in [2.24, 2.45) is 5.73 Å². The van der Waals surface area contributed by atoms with E-state index in [2.05, 4.69) is 0 Å². The van der Waals surface area contributed by atoms with E-state index in [9.17, 15) is 8.42 Å². The van der Waals surface area contributed by atoms with Crippen LogP contribution < -0.4 is 15.2 Å². The van der Waals surface area contributed by atoms with Crippen LogP contribution in [0.5, 0.6) is 11.5 Å². The third-order valence-electron chi connectivity index (χ3n) is 4.62. The molecule has 1 saturated heterocycles. The lowest BCUT2D eigenvalue weighted by Gasteiger charge is -2.19. The van der Waals surface area contributed by atoms with Crippen molar-refractivity contribution in [2.45, 2.75) is 16.9 Å². The fourth-order valence-corrected chi connectivity index (χ4v) is 5.22. The maximum atomic E-state index is 13.1. The second kappa shape index (κ2) is 8.67. The number of ether oxygens (including phenoxy) is 2.